The van der Waals surface area contributed by atoms with Crippen molar-refractivity contribution in [3.63, 3.8) is 0 Å². The molecule has 0 radical (unpaired) electrons. The van der Waals surface area contributed by atoms with E-state index in [1.165, 1.54) is 5.56 Å². The average molecular weight is 352 g/mol. The van der Waals surface area contributed by atoms with Crippen LogP contribution >= 0.6 is 0 Å². The van der Waals surface area contributed by atoms with Crippen molar-refractivity contribution in [2.45, 2.75) is 33.0 Å². The van der Waals surface area contributed by atoms with Crippen LogP contribution in [0.15, 0.2) is 30.5 Å². The molecule has 1 saturated heterocycles. The van der Waals surface area contributed by atoms with E-state index in [1.807, 2.05) is 25.4 Å². The summed E-state index contributed by atoms with van der Waals surface area (Å²) in [5.74, 6) is 1.48. The van der Waals surface area contributed by atoms with E-state index in [0.717, 1.165) is 35.6 Å². The van der Waals surface area contributed by atoms with Gasteiger partial charge in [0, 0.05) is 25.8 Å². The summed E-state index contributed by atoms with van der Waals surface area (Å²) in [7, 11) is 1.90. The van der Waals surface area contributed by atoms with Crippen LogP contribution in [-0.2, 0) is 11.8 Å². The summed E-state index contributed by atoms with van der Waals surface area (Å²) in [6.45, 7) is 7.79. The highest BCUT2D eigenvalue weighted by atomic mass is 16.5. The van der Waals surface area contributed by atoms with E-state index in [4.69, 9.17) is 14.7 Å². The second kappa shape index (κ2) is 6.57. The Balaban J connectivity index is 1.78. The Hall–Kier alpha value is -2.67. The van der Waals surface area contributed by atoms with Crippen molar-refractivity contribution < 1.29 is 4.74 Å². The molecule has 2 atom stereocenters. The van der Waals surface area contributed by atoms with Crippen LogP contribution in [-0.4, -0.2) is 45.0 Å². The number of hydrogen-bond donors (Lipinski definition) is 1. The molecule has 0 bridgehead atoms. The summed E-state index contributed by atoms with van der Waals surface area (Å²) in [5, 5.41) is 8.75. The Morgan fingerprint density at radius 2 is 1.85 bits per heavy atom. The zero-order chi connectivity index (χ0) is 18.3. The van der Waals surface area contributed by atoms with Gasteiger partial charge in [-0.1, -0.05) is 18.2 Å². The fraction of sp³-hybridized carbons (Fsp3) is 0.421. The number of ether oxygens (including phenoxy) is 1. The molecule has 0 unspecified atom stereocenters. The lowest BCUT2D eigenvalue weighted by Crippen LogP contribution is -2.46. The molecule has 136 valence electrons. The quantitative estimate of drug-likeness (QED) is 0.781. The molecule has 0 spiro atoms. The van der Waals surface area contributed by atoms with E-state index in [1.54, 1.807) is 4.68 Å². The molecule has 0 amide bonds. The summed E-state index contributed by atoms with van der Waals surface area (Å²) in [4.78, 5) is 11.8. The number of anilines is 3. The number of nitrogens with one attached hydrogen (secondary N) is 1. The second-order valence-corrected chi connectivity index (χ2v) is 6.98. The zero-order valence-electron chi connectivity index (χ0n) is 15.6. The normalized spacial score (nSPS) is 20.5. The number of morpholine rings is 1. The Bertz CT molecular complexity index is 927. The summed E-state index contributed by atoms with van der Waals surface area (Å²) >= 11 is 0. The standard InChI is InChI=1S/C19H24N6O/c1-12-7-5-6-8-16(12)21-17-15-9-20-24(4)18(15)23-19(22-17)25-10-13(2)26-14(3)11-25/h5-9,13-14H,10-11H2,1-4H3,(H,21,22,23)/t13-,14-/m1/s1. The molecule has 7 heteroatoms. The second-order valence-electron chi connectivity index (χ2n) is 6.98. The summed E-state index contributed by atoms with van der Waals surface area (Å²) in [6.07, 6.45) is 2.11. The molecule has 26 heavy (non-hydrogen) atoms. The van der Waals surface area contributed by atoms with Crippen LogP contribution in [0.3, 0.4) is 0 Å². The first-order valence-corrected chi connectivity index (χ1v) is 8.94. The number of benzene rings is 1. The number of para-hydroxylation sites is 1. The van der Waals surface area contributed by atoms with Crippen molar-refractivity contribution in [1.29, 1.82) is 0 Å². The van der Waals surface area contributed by atoms with Crippen molar-refractivity contribution in [3.05, 3.63) is 36.0 Å². The lowest BCUT2D eigenvalue weighted by atomic mass is 10.2. The smallest absolute Gasteiger partial charge is 0.229 e. The van der Waals surface area contributed by atoms with Gasteiger partial charge in [-0.15, -0.1) is 0 Å². The summed E-state index contributed by atoms with van der Waals surface area (Å²) < 4.78 is 7.63. The number of aryl methyl sites for hydroxylation is 2. The predicted molar refractivity (Wildman–Crippen MR) is 103 cm³/mol. The summed E-state index contributed by atoms with van der Waals surface area (Å²) in [6, 6.07) is 8.18. The molecular formula is C19H24N6O. The van der Waals surface area contributed by atoms with Crippen molar-refractivity contribution in [2.75, 3.05) is 23.3 Å². The van der Waals surface area contributed by atoms with Crippen LogP contribution in [0.25, 0.3) is 11.0 Å². The topological polar surface area (TPSA) is 68.1 Å². The lowest BCUT2D eigenvalue weighted by Gasteiger charge is -2.35. The van der Waals surface area contributed by atoms with Crippen LogP contribution in [0.5, 0.6) is 0 Å². The van der Waals surface area contributed by atoms with E-state index in [-0.39, 0.29) is 12.2 Å². The minimum atomic E-state index is 0.150. The minimum Gasteiger partial charge on any atom is -0.372 e. The van der Waals surface area contributed by atoms with Gasteiger partial charge in [-0.2, -0.15) is 15.1 Å². The molecule has 3 heterocycles. The fourth-order valence-corrected chi connectivity index (χ4v) is 3.43. The van der Waals surface area contributed by atoms with Gasteiger partial charge in [-0.25, -0.2) is 0 Å². The minimum absolute atomic E-state index is 0.150. The number of fused-ring (bicyclic) bond motifs is 1. The molecule has 1 aromatic carbocycles. The zero-order valence-corrected chi connectivity index (χ0v) is 15.6. The van der Waals surface area contributed by atoms with Crippen LogP contribution in [0, 0.1) is 6.92 Å². The third-order valence-corrected chi connectivity index (χ3v) is 4.68. The number of aromatic nitrogens is 4. The first-order chi connectivity index (χ1) is 12.5. The first kappa shape index (κ1) is 16.8. The predicted octanol–water partition coefficient (Wildman–Crippen LogP) is 3.03. The molecule has 0 saturated carbocycles. The largest absolute Gasteiger partial charge is 0.372 e. The molecule has 7 nitrogen and oxygen atoms in total. The van der Waals surface area contributed by atoms with Gasteiger partial charge in [-0.3, -0.25) is 4.68 Å². The maximum absolute atomic E-state index is 5.85. The van der Waals surface area contributed by atoms with Gasteiger partial charge in [-0.05, 0) is 32.4 Å². The van der Waals surface area contributed by atoms with E-state index < -0.39 is 0 Å². The summed E-state index contributed by atoms with van der Waals surface area (Å²) in [5.41, 5.74) is 3.02. The Morgan fingerprint density at radius 3 is 2.58 bits per heavy atom. The average Bonchev–Trinajstić information content (AvgIpc) is 2.97. The molecule has 4 rings (SSSR count). The van der Waals surface area contributed by atoms with Gasteiger partial charge in [0.25, 0.3) is 0 Å². The van der Waals surface area contributed by atoms with E-state index in [0.29, 0.717) is 5.95 Å². The highest BCUT2D eigenvalue weighted by Gasteiger charge is 2.25. The fourth-order valence-electron chi connectivity index (χ4n) is 3.43. The van der Waals surface area contributed by atoms with Crippen LogP contribution < -0.4 is 10.2 Å². The van der Waals surface area contributed by atoms with E-state index >= 15 is 0 Å². The molecule has 2 aromatic heterocycles. The third kappa shape index (κ3) is 3.10. The molecule has 3 aromatic rings. The number of nitrogens with zero attached hydrogens (tertiary/aromatic N) is 5. The van der Waals surface area contributed by atoms with Crippen molar-refractivity contribution in [1.82, 2.24) is 19.7 Å². The molecule has 1 aliphatic rings. The SMILES string of the molecule is Cc1ccccc1Nc1nc(N2C[C@@H](C)O[C@H](C)C2)nc2c1cnn2C. The monoisotopic (exact) mass is 352 g/mol. The number of hydrogen-bond acceptors (Lipinski definition) is 6. The first-order valence-electron chi connectivity index (χ1n) is 8.94. The molecule has 0 aliphatic carbocycles. The highest BCUT2D eigenvalue weighted by molar-refractivity contribution is 5.89. The third-order valence-electron chi connectivity index (χ3n) is 4.68. The Labute approximate surface area is 153 Å². The maximum atomic E-state index is 5.85. The molecular weight excluding hydrogens is 328 g/mol. The molecule has 1 N–H and O–H groups in total. The van der Waals surface area contributed by atoms with Crippen LogP contribution in [0.4, 0.5) is 17.5 Å². The van der Waals surface area contributed by atoms with Gasteiger partial charge in [0.15, 0.2) is 5.65 Å². The van der Waals surface area contributed by atoms with Gasteiger partial charge in [0.2, 0.25) is 5.95 Å². The van der Waals surface area contributed by atoms with Crippen molar-refractivity contribution in [2.24, 2.45) is 7.05 Å². The van der Waals surface area contributed by atoms with Crippen LogP contribution in [0.2, 0.25) is 0 Å². The van der Waals surface area contributed by atoms with Crippen molar-refractivity contribution in [3.8, 4) is 0 Å². The van der Waals surface area contributed by atoms with Gasteiger partial charge in [0.1, 0.15) is 5.82 Å². The Kier molecular flexibility index (Phi) is 4.24. The van der Waals surface area contributed by atoms with Gasteiger partial charge in [0.05, 0.1) is 23.8 Å². The van der Waals surface area contributed by atoms with Crippen molar-refractivity contribution >= 4 is 28.5 Å². The molecule has 1 fully saturated rings. The van der Waals surface area contributed by atoms with Crippen LogP contribution in [0.1, 0.15) is 19.4 Å². The molecule has 1 aliphatic heterocycles. The van der Waals surface area contributed by atoms with E-state index in [9.17, 15) is 0 Å². The lowest BCUT2D eigenvalue weighted by molar-refractivity contribution is -0.00569. The van der Waals surface area contributed by atoms with Gasteiger partial charge < -0.3 is 15.0 Å². The number of rotatable bonds is 3. The van der Waals surface area contributed by atoms with Gasteiger partial charge >= 0.3 is 0 Å². The Morgan fingerprint density at radius 1 is 1.12 bits per heavy atom. The highest BCUT2D eigenvalue weighted by Crippen LogP contribution is 2.28. The maximum Gasteiger partial charge on any atom is 0.229 e. The van der Waals surface area contributed by atoms with E-state index in [2.05, 4.69) is 48.2 Å².